The average Bonchev–Trinajstić information content (AvgIpc) is 2.69. The van der Waals surface area contributed by atoms with Gasteiger partial charge in [0.25, 0.3) is 0 Å². The summed E-state index contributed by atoms with van der Waals surface area (Å²) in [6.45, 7) is 0. The molecule has 0 radical (unpaired) electrons. The summed E-state index contributed by atoms with van der Waals surface area (Å²) in [6, 6.07) is 7.18. The smallest absolute Gasteiger partial charge is 0.123 e. The summed E-state index contributed by atoms with van der Waals surface area (Å²) in [7, 11) is 0. The third kappa shape index (κ3) is 5.66. The van der Waals surface area contributed by atoms with Gasteiger partial charge in [-0.2, -0.15) is 0 Å². The fourth-order valence-corrected chi connectivity index (χ4v) is 5.37. The van der Waals surface area contributed by atoms with E-state index in [0.717, 1.165) is 30.6 Å². The summed E-state index contributed by atoms with van der Waals surface area (Å²) in [5, 5.41) is 0. The first-order valence-corrected chi connectivity index (χ1v) is 10.8. The number of halogens is 2. The lowest BCUT2D eigenvalue weighted by Crippen LogP contribution is -2.25. The molecule has 2 fully saturated rings. The normalized spacial score (nSPS) is 29.9. The van der Waals surface area contributed by atoms with E-state index in [1.54, 1.807) is 18.2 Å². The topological polar surface area (TPSA) is 0 Å². The van der Waals surface area contributed by atoms with E-state index in [1.807, 2.05) is 12.1 Å². The number of rotatable bonds is 7. The molecule has 0 aromatic heterocycles. The molecule has 3 rings (SSSR count). The van der Waals surface area contributed by atoms with Gasteiger partial charge >= 0.3 is 0 Å². The standard InChI is InChI=1S/C24H34F2/c25-18-4-2-1-3-5-19-6-8-20(9-7-19)21-10-12-22(13-11-21)23-14-16-24(26)17-15-23/h4,14-22H,1-3,5-13H2/t19-,20-,21-,22-. The second-order valence-corrected chi connectivity index (χ2v) is 8.59. The average molecular weight is 361 g/mol. The zero-order chi connectivity index (χ0) is 18.2. The molecule has 2 heteroatoms. The zero-order valence-corrected chi connectivity index (χ0v) is 16.0. The van der Waals surface area contributed by atoms with Gasteiger partial charge in [-0.15, -0.1) is 0 Å². The molecule has 0 unspecified atom stereocenters. The lowest BCUT2D eigenvalue weighted by Gasteiger charge is -2.38. The van der Waals surface area contributed by atoms with Crippen LogP contribution in [0.1, 0.15) is 88.5 Å². The minimum atomic E-state index is -0.127. The van der Waals surface area contributed by atoms with Crippen LogP contribution in [-0.2, 0) is 0 Å². The Balaban J connectivity index is 1.35. The summed E-state index contributed by atoms with van der Waals surface area (Å²) in [5.41, 5.74) is 1.33. The van der Waals surface area contributed by atoms with Crippen LogP contribution in [0.2, 0.25) is 0 Å². The molecule has 2 saturated carbocycles. The number of hydrogen-bond donors (Lipinski definition) is 0. The highest BCUT2D eigenvalue weighted by atomic mass is 19.1. The van der Waals surface area contributed by atoms with Crippen LogP contribution < -0.4 is 0 Å². The Morgan fingerprint density at radius 2 is 1.42 bits per heavy atom. The van der Waals surface area contributed by atoms with Crippen LogP contribution in [0.4, 0.5) is 8.78 Å². The van der Waals surface area contributed by atoms with Crippen molar-refractivity contribution in [2.75, 3.05) is 0 Å². The minimum absolute atomic E-state index is 0.127. The van der Waals surface area contributed by atoms with Crippen molar-refractivity contribution in [2.24, 2.45) is 17.8 Å². The quantitative estimate of drug-likeness (QED) is 0.433. The van der Waals surface area contributed by atoms with E-state index in [1.165, 1.54) is 69.8 Å². The molecule has 2 aliphatic carbocycles. The van der Waals surface area contributed by atoms with Crippen molar-refractivity contribution in [3.63, 3.8) is 0 Å². The molecule has 0 amide bonds. The van der Waals surface area contributed by atoms with E-state index < -0.39 is 0 Å². The molecular weight excluding hydrogens is 326 g/mol. The minimum Gasteiger partial charge on any atom is -0.216 e. The Hall–Kier alpha value is -1.18. The SMILES string of the molecule is FC=CCCCC[C@H]1CC[C@H]([C@H]2CC[C@H](c3ccc(F)cc3)CC2)CC1. The molecule has 0 N–H and O–H groups in total. The molecule has 0 nitrogen and oxygen atoms in total. The van der Waals surface area contributed by atoms with Crippen LogP contribution in [0.3, 0.4) is 0 Å². The van der Waals surface area contributed by atoms with E-state index >= 15 is 0 Å². The highest BCUT2D eigenvalue weighted by molar-refractivity contribution is 5.20. The van der Waals surface area contributed by atoms with Crippen molar-refractivity contribution in [1.82, 2.24) is 0 Å². The molecule has 144 valence electrons. The monoisotopic (exact) mass is 360 g/mol. The molecule has 2 aliphatic rings. The van der Waals surface area contributed by atoms with Crippen molar-refractivity contribution in [1.29, 1.82) is 0 Å². The molecule has 1 aromatic carbocycles. The number of unbranched alkanes of at least 4 members (excludes halogenated alkanes) is 2. The van der Waals surface area contributed by atoms with Gasteiger partial charge in [-0.1, -0.05) is 43.9 Å². The van der Waals surface area contributed by atoms with Gasteiger partial charge in [-0.3, -0.25) is 0 Å². The summed E-state index contributed by atoms with van der Waals surface area (Å²) in [4.78, 5) is 0. The number of hydrogen-bond acceptors (Lipinski definition) is 0. The maximum atomic E-state index is 13.1. The zero-order valence-electron chi connectivity index (χ0n) is 16.0. The van der Waals surface area contributed by atoms with E-state index in [4.69, 9.17) is 0 Å². The lowest BCUT2D eigenvalue weighted by molar-refractivity contribution is 0.155. The van der Waals surface area contributed by atoms with E-state index in [9.17, 15) is 8.78 Å². The number of allylic oxidation sites excluding steroid dienone is 1. The summed E-state index contributed by atoms with van der Waals surface area (Å²) < 4.78 is 25.0. The van der Waals surface area contributed by atoms with Crippen molar-refractivity contribution in [3.05, 3.63) is 48.1 Å². The van der Waals surface area contributed by atoms with Crippen LogP contribution >= 0.6 is 0 Å². The van der Waals surface area contributed by atoms with Crippen LogP contribution in [0.5, 0.6) is 0 Å². The van der Waals surface area contributed by atoms with E-state index in [0.29, 0.717) is 12.2 Å². The fraction of sp³-hybridized carbons (Fsp3) is 0.667. The molecule has 0 spiro atoms. The molecule has 26 heavy (non-hydrogen) atoms. The third-order valence-electron chi connectivity index (χ3n) is 6.99. The van der Waals surface area contributed by atoms with E-state index in [-0.39, 0.29) is 5.82 Å². The Morgan fingerprint density at radius 1 is 0.808 bits per heavy atom. The van der Waals surface area contributed by atoms with Gasteiger partial charge in [0.1, 0.15) is 5.82 Å². The first-order chi connectivity index (χ1) is 12.8. The van der Waals surface area contributed by atoms with Gasteiger partial charge in [0.2, 0.25) is 0 Å². The predicted octanol–water partition coefficient (Wildman–Crippen LogP) is 7.95. The second kappa shape index (κ2) is 10.2. The highest BCUT2D eigenvalue weighted by Crippen LogP contribution is 2.44. The largest absolute Gasteiger partial charge is 0.216 e. The van der Waals surface area contributed by atoms with Gasteiger partial charge in [-0.25, -0.2) is 8.78 Å². The maximum absolute atomic E-state index is 13.1. The van der Waals surface area contributed by atoms with Crippen molar-refractivity contribution in [3.8, 4) is 0 Å². The Kier molecular flexibility index (Phi) is 7.70. The molecule has 1 aromatic rings. The predicted molar refractivity (Wildman–Crippen MR) is 105 cm³/mol. The van der Waals surface area contributed by atoms with Crippen LogP contribution in [0, 0.1) is 23.6 Å². The third-order valence-corrected chi connectivity index (χ3v) is 6.99. The van der Waals surface area contributed by atoms with Gasteiger partial charge in [-0.05, 0) is 92.7 Å². The van der Waals surface area contributed by atoms with Crippen molar-refractivity contribution in [2.45, 2.75) is 83.0 Å². The fourth-order valence-electron chi connectivity index (χ4n) is 5.37. The lowest BCUT2D eigenvalue weighted by atomic mass is 9.68. The summed E-state index contributed by atoms with van der Waals surface area (Å²) in [6.07, 6.45) is 17.8. The van der Waals surface area contributed by atoms with E-state index in [2.05, 4.69) is 0 Å². The van der Waals surface area contributed by atoms with Crippen molar-refractivity contribution >= 4 is 0 Å². The Labute approximate surface area is 158 Å². The molecule has 0 bridgehead atoms. The van der Waals surface area contributed by atoms with Crippen LogP contribution in [0.25, 0.3) is 0 Å². The maximum Gasteiger partial charge on any atom is 0.123 e. The first-order valence-electron chi connectivity index (χ1n) is 10.8. The summed E-state index contributed by atoms with van der Waals surface area (Å²) in [5.74, 6) is 3.29. The van der Waals surface area contributed by atoms with Gasteiger partial charge in [0, 0.05) is 0 Å². The van der Waals surface area contributed by atoms with Gasteiger partial charge in [0.05, 0.1) is 6.33 Å². The Morgan fingerprint density at radius 3 is 2.04 bits per heavy atom. The summed E-state index contributed by atoms with van der Waals surface area (Å²) >= 11 is 0. The van der Waals surface area contributed by atoms with Gasteiger partial charge < -0.3 is 0 Å². The molecule has 0 atom stereocenters. The molecular formula is C24H34F2. The molecule has 0 aliphatic heterocycles. The number of benzene rings is 1. The first kappa shape index (κ1) is 19.6. The Bertz CT molecular complexity index is 532. The molecule has 0 heterocycles. The second-order valence-electron chi connectivity index (χ2n) is 8.59. The van der Waals surface area contributed by atoms with Crippen molar-refractivity contribution < 1.29 is 8.78 Å². The highest BCUT2D eigenvalue weighted by Gasteiger charge is 2.31. The molecule has 0 saturated heterocycles. The van der Waals surface area contributed by atoms with Crippen LogP contribution in [-0.4, -0.2) is 0 Å². The van der Waals surface area contributed by atoms with Gasteiger partial charge in [0.15, 0.2) is 0 Å². The van der Waals surface area contributed by atoms with Crippen LogP contribution in [0.15, 0.2) is 36.7 Å².